The first-order valence-electron chi connectivity index (χ1n) is 9.04. The Morgan fingerprint density at radius 1 is 1.11 bits per heavy atom. The highest BCUT2D eigenvalue weighted by Crippen LogP contribution is 2.44. The molecule has 0 radical (unpaired) electrons. The van der Waals surface area contributed by atoms with Gasteiger partial charge in [-0.1, -0.05) is 18.2 Å². The van der Waals surface area contributed by atoms with E-state index in [9.17, 15) is 9.18 Å². The number of hydrogen-bond acceptors (Lipinski definition) is 3. The van der Waals surface area contributed by atoms with E-state index >= 15 is 0 Å². The Morgan fingerprint density at radius 3 is 2.79 bits per heavy atom. The zero-order valence-corrected chi connectivity index (χ0v) is 15.4. The molecular weight excluding hydrogens is 355 g/mol. The highest BCUT2D eigenvalue weighted by molar-refractivity contribution is 6.32. The number of halogens is 1. The number of benzene rings is 2. The van der Waals surface area contributed by atoms with Crippen molar-refractivity contribution >= 4 is 33.6 Å². The standard InChI is InChI=1S/C23H17FN2O2/c1-23(2)17(14-9-13-5-3-4-6-18(13)25-12-14)11-20(28-23)21-16-8-7-15(24)10-19(16)26-22(21)27/h3-12H,1-2H3,(H,26,27). The summed E-state index contributed by atoms with van der Waals surface area (Å²) in [6.45, 7) is 3.92. The van der Waals surface area contributed by atoms with Crippen LogP contribution in [0.3, 0.4) is 0 Å². The van der Waals surface area contributed by atoms with E-state index < -0.39 is 11.4 Å². The number of carbonyl (C=O) groups excluding carboxylic acids is 1. The van der Waals surface area contributed by atoms with Gasteiger partial charge in [0, 0.05) is 28.3 Å². The number of pyridine rings is 1. The topological polar surface area (TPSA) is 51.2 Å². The van der Waals surface area contributed by atoms with Crippen molar-refractivity contribution in [1.29, 1.82) is 0 Å². The minimum Gasteiger partial charge on any atom is -0.482 e. The first-order chi connectivity index (χ1) is 13.4. The number of carbonyl (C=O) groups is 1. The van der Waals surface area contributed by atoms with Crippen LogP contribution in [0.15, 0.2) is 66.6 Å². The van der Waals surface area contributed by atoms with Crippen LogP contribution in [0.2, 0.25) is 0 Å². The summed E-state index contributed by atoms with van der Waals surface area (Å²) in [5.74, 6) is -0.201. The van der Waals surface area contributed by atoms with Crippen molar-refractivity contribution < 1.29 is 13.9 Å². The molecule has 0 saturated heterocycles. The maximum atomic E-state index is 13.5. The molecule has 0 atom stereocenters. The average Bonchev–Trinajstić information content (AvgIpc) is 3.15. The molecule has 1 aromatic heterocycles. The van der Waals surface area contributed by atoms with Gasteiger partial charge in [-0.2, -0.15) is 0 Å². The maximum Gasteiger partial charge on any atom is 0.260 e. The molecule has 5 rings (SSSR count). The van der Waals surface area contributed by atoms with E-state index in [0.717, 1.165) is 22.0 Å². The lowest BCUT2D eigenvalue weighted by molar-refractivity contribution is -0.111. The average molecular weight is 372 g/mol. The van der Waals surface area contributed by atoms with E-state index in [1.807, 2.05) is 50.4 Å². The fraction of sp³-hybridized carbons (Fsp3) is 0.130. The second-order valence-electron chi connectivity index (χ2n) is 7.47. The molecule has 3 heterocycles. The predicted molar refractivity (Wildman–Crippen MR) is 107 cm³/mol. The van der Waals surface area contributed by atoms with Crippen molar-refractivity contribution in [2.24, 2.45) is 0 Å². The van der Waals surface area contributed by atoms with Crippen LogP contribution in [0.4, 0.5) is 10.1 Å². The summed E-state index contributed by atoms with van der Waals surface area (Å²) in [5.41, 5.74) is 3.71. The number of ether oxygens (including phenoxy) is 1. The monoisotopic (exact) mass is 372 g/mol. The molecule has 1 N–H and O–H groups in total. The van der Waals surface area contributed by atoms with Crippen LogP contribution < -0.4 is 5.32 Å². The van der Waals surface area contributed by atoms with Gasteiger partial charge in [-0.05, 0) is 50.3 Å². The lowest BCUT2D eigenvalue weighted by Gasteiger charge is -2.23. The van der Waals surface area contributed by atoms with Crippen LogP contribution in [0, 0.1) is 5.82 Å². The van der Waals surface area contributed by atoms with Gasteiger partial charge in [-0.25, -0.2) is 4.39 Å². The quantitative estimate of drug-likeness (QED) is 0.616. The van der Waals surface area contributed by atoms with Gasteiger partial charge >= 0.3 is 0 Å². The third-order valence-corrected chi connectivity index (χ3v) is 5.16. The molecule has 2 aliphatic heterocycles. The smallest absolute Gasteiger partial charge is 0.260 e. The third kappa shape index (κ3) is 2.51. The second-order valence-corrected chi connectivity index (χ2v) is 7.47. The Bertz CT molecular complexity index is 1220. The molecule has 0 unspecified atom stereocenters. The molecule has 28 heavy (non-hydrogen) atoms. The number of rotatable bonds is 1. The Hall–Kier alpha value is -3.47. The molecule has 2 aliphatic rings. The molecule has 138 valence electrons. The predicted octanol–water partition coefficient (Wildman–Crippen LogP) is 4.93. The molecule has 2 aromatic carbocycles. The molecule has 0 fully saturated rings. The van der Waals surface area contributed by atoms with E-state index in [-0.39, 0.29) is 5.91 Å². The van der Waals surface area contributed by atoms with Crippen molar-refractivity contribution in [2.45, 2.75) is 19.4 Å². The van der Waals surface area contributed by atoms with Crippen LogP contribution >= 0.6 is 0 Å². The SMILES string of the molecule is CC1(C)OC(=C2C(=O)Nc3cc(F)ccc32)C=C1c1cnc2ccccc2c1. The molecule has 0 bridgehead atoms. The van der Waals surface area contributed by atoms with E-state index in [2.05, 4.69) is 16.4 Å². The highest BCUT2D eigenvalue weighted by Gasteiger charge is 2.38. The summed E-state index contributed by atoms with van der Waals surface area (Å²) >= 11 is 0. The molecule has 3 aromatic rings. The van der Waals surface area contributed by atoms with E-state index in [1.165, 1.54) is 12.1 Å². The van der Waals surface area contributed by atoms with Crippen molar-refractivity contribution in [1.82, 2.24) is 4.98 Å². The number of hydrogen-bond donors (Lipinski definition) is 1. The first-order valence-corrected chi connectivity index (χ1v) is 9.04. The third-order valence-electron chi connectivity index (χ3n) is 5.16. The molecule has 5 heteroatoms. The van der Waals surface area contributed by atoms with Gasteiger partial charge in [0.1, 0.15) is 17.2 Å². The largest absolute Gasteiger partial charge is 0.482 e. The summed E-state index contributed by atoms with van der Waals surface area (Å²) in [4.78, 5) is 17.1. The lowest BCUT2D eigenvalue weighted by Crippen LogP contribution is -2.21. The highest BCUT2D eigenvalue weighted by atomic mass is 19.1. The minimum atomic E-state index is -0.629. The molecule has 0 aliphatic carbocycles. The summed E-state index contributed by atoms with van der Waals surface area (Å²) in [5, 5.41) is 3.75. The van der Waals surface area contributed by atoms with E-state index in [0.29, 0.717) is 22.6 Å². The van der Waals surface area contributed by atoms with E-state index in [1.54, 1.807) is 6.07 Å². The van der Waals surface area contributed by atoms with Gasteiger partial charge in [-0.15, -0.1) is 0 Å². The molecule has 0 saturated carbocycles. The van der Waals surface area contributed by atoms with Crippen molar-refractivity contribution in [3.63, 3.8) is 0 Å². The normalized spacial score (nSPS) is 20.0. The van der Waals surface area contributed by atoms with Gasteiger partial charge in [0.2, 0.25) is 0 Å². The van der Waals surface area contributed by atoms with Gasteiger partial charge in [0.05, 0.1) is 16.8 Å². The number of nitrogens with one attached hydrogen (secondary N) is 1. The van der Waals surface area contributed by atoms with Crippen LogP contribution in [-0.2, 0) is 9.53 Å². The lowest BCUT2D eigenvalue weighted by atomic mass is 9.92. The number of allylic oxidation sites excluding steroid dienone is 1. The number of para-hydroxylation sites is 1. The van der Waals surface area contributed by atoms with Crippen LogP contribution in [0.25, 0.3) is 22.0 Å². The van der Waals surface area contributed by atoms with Gasteiger partial charge < -0.3 is 10.1 Å². The minimum absolute atomic E-state index is 0.291. The van der Waals surface area contributed by atoms with Crippen LogP contribution in [0.1, 0.15) is 25.0 Å². The van der Waals surface area contributed by atoms with E-state index in [4.69, 9.17) is 4.74 Å². The van der Waals surface area contributed by atoms with Crippen molar-refractivity contribution in [2.75, 3.05) is 5.32 Å². The van der Waals surface area contributed by atoms with Gasteiger partial charge in [0.15, 0.2) is 0 Å². The first kappa shape index (κ1) is 16.7. The maximum absolute atomic E-state index is 13.5. The molecule has 1 amide bonds. The fourth-order valence-corrected chi connectivity index (χ4v) is 3.83. The van der Waals surface area contributed by atoms with Crippen LogP contribution in [-0.4, -0.2) is 16.5 Å². The van der Waals surface area contributed by atoms with Gasteiger partial charge in [0.25, 0.3) is 5.91 Å². The zero-order chi connectivity index (χ0) is 19.5. The van der Waals surface area contributed by atoms with Crippen LogP contribution in [0.5, 0.6) is 0 Å². The number of fused-ring (bicyclic) bond motifs is 2. The number of anilines is 1. The molecule has 0 spiro atoms. The second kappa shape index (κ2) is 5.76. The fourth-order valence-electron chi connectivity index (χ4n) is 3.83. The Morgan fingerprint density at radius 2 is 1.93 bits per heavy atom. The number of aromatic nitrogens is 1. The summed E-state index contributed by atoms with van der Waals surface area (Å²) in [6.07, 6.45) is 3.71. The molecular formula is C23H17FN2O2. The summed E-state index contributed by atoms with van der Waals surface area (Å²) in [6, 6.07) is 14.3. The molecule has 4 nitrogen and oxygen atoms in total. The zero-order valence-electron chi connectivity index (χ0n) is 15.4. The summed E-state index contributed by atoms with van der Waals surface area (Å²) < 4.78 is 19.7. The van der Waals surface area contributed by atoms with Crippen molar-refractivity contribution in [3.8, 4) is 0 Å². The van der Waals surface area contributed by atoms with Gasteiger partial charge in [-0.3, -0.25) is 9.78 Å². The Kier molecular flexibility index (Phi) is 3.43. The van der Waals surface area contributed by atoms with Crippen molar-refractivity contribution in [3.05, 3.63) is 83.5 Å². The Labute approximate surface area is 161 Å². The summed E-state index contributed by atoms with van der Waals surface area (Å²) in [7, 11) is 0. The number of nitrogens with zero attached hydrogens (tertiary/aromatic N) is 1. The Balaban J connectivity index is 1.67. The number of amides is 1.